The molecule has 2 aromatic rings. The van der Waals surface area contributed by atoms with Gasteiger partial charge in [0.1, 0.15) is 11.5 Å². The SMILES string of the molecule is CNC1CCCN(S(=O)(=O)c2ccc(-n3cc(C)cn3)c(F)c2)C1.Cl. The van der Waals surface area contributed by atoms with Crippen molar-refractivity contribution in [2.24, 2.45) is 0 Å². The Balaban J connectivity index is 0.00000225. The summed E-state index contributed by atoms with van der Waals surface area (Å²) in [6, 6.07) is 4.09. The monoisotopic (exact) mass is 388 g/mol. The molecule has 9 heteroatoms. The van der Waals surface area contributed by atoms with Crippen LogP contribution in [0.5, 0.6) is 0 Å². The quantitative estimate of drug-likeness (QED) is 0.871. The Morgan fingerprint density at radius 3 is 2.72 bits per heavy atom. The fraction of sp³-hybridized carbons (Fsp3) is 0.438. The van der Waals surface area contributed by atoms with E-state index in [1.807, 2.05) is 14.0 Å². The first-order valence-electron chi connectivity index (χ1n) is 7.90. The van der Waals surface area contributed by atoms with Gasteiger partial charge in [0.05, 0.1) is 11.1 Å². The van der Waals surface area contributed by atoms with Crippen LogP contribution in [-0.4, -0.2) is 48.7 Å². The third-order valence-corrected chi connectivity index (χ3v) is 6.17. The van der Waals surface area contributed by atoms with Gasteiger partial charge in [0.15, 0.2) is 0 Å². The molecule has 0 spiro atoms. The molecule has 0 saturated carbocycles. The fourth-order valence-electron chi connectivity index (χ4n) is 2.92. The number of nitrogens with zero attached hydrogens (tertiary/aromatic N) is 3. The molecular weight excluding hydrogens is 367 g/mol. The van der Waals surface area contributed by atoms with Crippen molar-refractivity contribution in [2.45, 2.75) is 30.7 Å². The summed E-state index contributed by atoms with van der Waals surface area (Å²) in [5, 5.41) is 7.17. The largest absolute Gasteiger partial charge is 0.316 e. The Hall–Kier alpha value is -1.48. The summed E-state index contributed by atoms with van der Waals surface area (Å²) >= 11 is 0. The van der Waals surface area contributed by atoms with E-state index in [-0.39, 0.29) is 29.0 Å². The second kappa shape index (κ2) is 7.82. The maximum absolute atomic E-state index is 14.4. The highest BCUT2D eigenvalue weighted by Crippen LogP contribution is 2.24. The molecule has 0 amide bonds. The Morgan fingerprint density at radius 2 is 2.12 bits per heavy atom. The molecule has 1 atom stereocenters. The van der Waals surface area contributed by atoms with Crippen molar-refractivity contribution in [2.75, 3.05) is 20.1 Å². The first-order chi connectivity index (χ1) is 11.4. The van der Waals surface area contributed by atoms with Gasteiger partial charge in [-0.1, -0.05) is 0 Å². The van der Waals surface area contributed by atoms with Gasteiger partial charge >= 0.3 is 0 Å². The molecule has 0 radical (unpaired) electrons. The molecule has 2 heterocycles. The highest BCUT2D eigenvalue weighted by molar-refractivity contribution is 7.89. The summed E-state index contributed by atoms with van der Waals surface area (Å²) in [6.45, 7) is 2.72. The number of hydrogen-bond acceptors (Lipinski definition) is 4. The van der Waals surface area contributed by atoms with Gasteiger partial charge in [-0.15, -0.1) is 12.4 Å². The molecule has 1 saturated heterocycles. The lowest BCUT2D eigenvalue weighted by Gasteiger charge is -2.31. The van der Waals surface area contributed by atoms with Gasteiger partial charge < -0.3 is 5.32 Å². The molecule has 138 valence electrons. The van der Waals surface area contributed by atoms with Crippen LogP contribution in [0.2, 0.25) is 0 Å². The minimum atomic E-state index is -3.70. The lowest BCUT2D eigenvalue weighted by Crippen LogP contribution is -2.46. The lowest BCUT2D eigenvalue weighted by atomic mass is 10.1. The minimum absolute atomic E-state index is 0. The maximum atomic E-state index is 14.4. The van der Waals surface area contributed by atoms with E-state index in [1.165, 1.54) is 21.1 Å². The van der Waals surface area contributed by atoms with Crippen LogP contribution in [0.25, 0.3) is 5.69 Å². The maximum Gasteiger partial charge on any atom is 0.243 e. The summed E-state index contributed by atoms with van der Waals surface area (Å²) in [5.41, 5.74) is 1.13. The average Bonchev–Trinajstić information content (AvgIpc) is 3.01. The third kappa shape index (κ3) is 4.03. The van der Waals surface area contributed by atoms with Crippen LogP contribution in [0.15, 0.2) is 35.5 Å². The lowest BCUT2D eigenvalue weighted by molar-refractivity contribution is 0.293. The van der Waals surface area contributed by atoms with E-state index < -0.39 is 15.8 Å². The molecule has 25 heavy (non-hydrogen) atoms. The summed E-state index contributed by atoms with van der Waals surface area (Å²) in [7, 11) is -1.88. The molecule has 1 aliphatic rings. The van der Waals surface area contributed by atoms with Crippen molar-refractivity contribution in [1.82, 2.24) is 19.4 Å². The van der Waals surface area contributed by atoms with Crippen molar-refractivity contribution in [3.63, 3.8) is 0 Å². The van der Waals surface area contributed by atoms with Crippen LogP contribution in [-0.2, 0) is 10.0 Å². The number of piperidine rings is 1. The normalized spacial score (nSPS) is 18.8. The summed E-state index contributed by atoms with van der Waals surface area (Å²) in [6.07, 6.45) is 5.04. The van der Waals surface area contributed by atoms with E-state index in [0.29, 0.717) is 13.1 Å². The van der Waals surface area contributed by atoms with E-state index >= 15 is 0 Å². The molecule has 1 fully saturated rings. The number of benzene rings is 1. The highest BCUT2D eigenvalue weighted by atomic mass is 35.5. The molecular formula is C16H22ClFN4O2S. The van der Waals surface area contributed by atoms with Crippen LogP contribution in [0.1, 0.15) is 18.4 Å². The molecule has 3 rings (SSSR count). The van der Waals surface area contributed by atoms with E-state index in [0.717, 1.165) is 24.5 Å². The Bertz CT molecular complexity index is 840. The van der Waals surface area contributed by atoms with Crippen molar-refractivity contribution in [3.8, 4) is 5.69 Å². The zero-order valence-electron chi connectivity index (χ0n) is 14.1. The van der Waals surface area contributed by atoms with Gasteiger partial charge in [0.25, 0.3) is 0 Å². The Morgan fingerprint density at radius 1 is 1.36 bits per heavy atom. The van der Waals surface area contributed by atoms with Crippen molar-refractivity contribution < 1.29 is 12.8 Å². The van der Waals surface area contributed by atoms with E-state index in [4.69, 9.17) is 0 Å². The number of hydrogen-bond donors (Lipinski definition) is 1. The predicted octanol–water partition coefficient (Wildman–Crippen LogP) is 2.11. The molecule has 1 aliphatic heterocycles. The number of rotatable bonds is 4. The summed E-state index contributed by atoms with van der Waals surface area (Å²) in [4.78, 5) is -0.0237. The summed E-state index contributed by atoms with van der Waals surface area (Å²) in [5.74, 6) is -0.610. The fourth-order valence-corrected chi connectivity index (χ4v) is 4.46. The standard InChI is InChI=1S/C16H21FN4O2S.ClH/c1-12-9-19-21(10-12)16-6-5-14(8-15(16)17)24(22,23)20-7-3-4-13(11-20)18-2;/h5-6,8-10,13,18H,3-4,7,11H2,1-2H3;1H. The number of halogens is 2. The van der Waals surface area contributed by atoms with E-state index in [9.17, 15) is 12.8 Å². The predicted molar refractivity (Wildman–Crippen MR) is 96.3 cm³/mol. The second-order valence-corrected chi connectivity index (χ2v) is 8.00. The van der Waals surface area contributed by atoms with E-state index in [2.05, 4.69) is 10.4 Å². The first-order valence-corrected chi connectivity index (χ1v) is 9.34. The van der Waals surface area contributed by atoms with Crippen LogP contribution in [0.3, 0.4) is 0 Å². The van der Waals surface area contributed by atoms with Crippen molar-refractivity contribution >= 4 is 22.4 Å². The van der Waals surface area contributed by atoms with Crippen LogP contribution in [0, 0.1) is 12.7 Å². The minimum Gasteiger partial charge on any atom is -0.316 e. The molecule has 1 N–H and O–H groups in total. The van der Waals surface area contributed by atoms with Gasteiger partial charge in [-0.25, -0.2) is 17.5 Å². The number of likely N-dealkylation sites (N-methyl/N-ethyl adjacent to an activating group) is 1. The third-order valence-electron chi connectivity index (χ3n) is 4.31. The zero-order chi connectivity index (χ0) is 17.3. The molecule has 1 aromatic heterocycles. The molecule has 6 nitrogen and oxygen atoms in total. The second-order valence-electron chi connectivity index (χ2n) is 6.07. The van der Waals surface area contributed by atoms with Gasteiger partial charge in [-0.05, 0) is 50.6 Å². The van der Waals surface area contributed by atoms with Crippen molar-refractivity contribution in [3.05, 3.63) is 42.0 Å². The smallest absolute Gasteiger partial charge is 0.243 e. The number of sulfonamides is 1. The topological polar surface area (TPSA) is 67.2 Å². The summed E-state index contributed by atoms with van der Waals surface area (Å²) < 4.78 is 42.8. The number of nitrogens with one attached hydrogen (secondary N) is 1. The van der Waals surface area contributed by atoms with Gasteiger partial charge in [0, 0.05) is 25.3 Å². The zero-order valence-corrected chi connectivity index (χ0v) is 15.8. The average molecular weight is 389 g/mol. The molecule has 0 bridgehead atoms. The Kier molecular flexibility index (Phi) is 6.21. The van der Waals surface area contributed by atoms with Crippen LogP contribution < -0.4 is 5.32 Å². The molecule has 1 aromatic carbocycles. The molecule has 1 unspecified atom stereocenters. The first kappa shape index (κ1) is 19.8. The molecule has 0 aliphatic carbocycles. The van der Waals surface area contributed by atoms with Gasteiger partial charge in [-0.2, -0.15) is 9.40 Å². The van der Waals surface area contributed by atoms with Crippen LogP contribution >= 0.6 is 12.4 Å². The van der Waals surface area contributed by atoms with Crippen LogP contribution in [0.4, 0.5) is 4.39 Å². The number of aromatic nitrogens is 2. The highest BCUT2D eigenvalue weighted by Gasteiger charge is 2.30. The number of aryl methyl sites for hydroxylation is 1. The van der Waals surface area contributed by atoms with E-state index in [1.54, 1.807) is 12.4 Å². The van der Waals surface area contributed by atoms with Crippen molar-refractivity contribution in [1.29, 1.82) is 0 Å². The van der Waals surface area contributed by atoms with Gasteiger partial charge in [0.2, 0.25) is 10.0 Å². The van der Waals surface area contributed by atoms with Gasteiger partial charge in [-0.3, -0.25) is 0 Å². The Labute approximate surface area is 153 Å².